The lowest BCUT2D eigenvalue weighted by Gasteiger charge is -2.12. The number of carbonyl (C=O) groups is 1. The third kappa shape index (κ3) is 2.76. The van der Waals surface area contributed by atoms with Gasteiger partial charge in [0.1, 0.15) is 18.1 Å². The zero-order chi connectivity index (χ0) is 16.4. The number of fused-ring (bicyclic) bond motifs is 7. The van der Waals surface area contributed by atoms with Gasteiger partial charge in [0.2, 0.25) is 0 Å². The van der Waals surface area contributed by atoms with Crippen molar-refractivity contribution in [1.82, 2.24) is 0 Å². The van der Waals surface area contributed by atoms with Crippen LogP contribution < -0.4 is 9.47 Å². The van der Waals surface area contributed by atoms with Crippen LogP contribution >= 0.6 is 0 Å². The van der Waals surface area contributed by atoms with Crippen LogP contribution in [-0.4, -0.2) is 12.6 Å². The molecule has 0 atom stereocenters. The predicted molar refractivity (Wildman–Crippen MR) is 93.7 cm³/mol. The number of carbonyl (C=O) groups excluding carboxylic acids is 1. The van der Waals surface area contributed by atoms with E-state index in [1.165, 1.54) is 0 Å². The number of allylic oxidation sites excluding steroid dienone is 1. The minimum absolute atomic E-state index is 0.360. The molecular weight excluding hydrogens is 300 g/mol. The van der Waals surface area contributed by atoms with E-state index in [9.17, 15) is 4.79 Å². The summed E-state index contributed by atoms with van der Waals surface area (Å²) in [6, 6.07) is 19.0. The number of hydrogen-bond donors (Lipinski definition) is 0. The van der Waals surface area contributed by atoms with Crippen molar-refractivity contribution in [2.24, 2.45) is 0 Å². The fourth-order valence-corrected chi connectivity index (χ4v) is 2.88. The summed E-state index contributed by atoms with van der Waals surface area (Å²) < 4.78 is 11.3. The molecule has 3 nitrogen and oxygen atoms in total. The zero-order valence-corrected chi connectivity index (χ0v) is 13.1. The van der Waals surface area contributed by atoms with Gasteiger partial charge in [-0.15, -0.1) is 0 Å². The van der Waals surface area contributed by atoms with E-state index in [2.05, 4.69) is 12.1 Å². The molecular formula is C21H16O3. The van der Waals surface area contributed by atoms with Crippen LogP contribution in [0.3, 0.4) is 0 Å². The minimum atomic E-state index is -0.360. The molecule has 3 aromatic rings. The van der Waals surface area contributed by atoms with Gasteiger partial charge in [-0.05, 0) is 47.5 Å². The summed E-state index contributed by atoms with van der Waals surface area (Å²) in [4.78, 5) is 12.4. The summed E-state index contributed by atoms with van der Waals surface area (Å²) in [5, 5.41) is 2.23. The van der Waals surface area contributed by atoms with Crippen molar-refractivity contribution in [3.8, 4) is 11.5 Å². The largest absolute Gasteiger partial charge is 0.490 e. The molecule has 0 saturated heterocycles. The Morgan fingerprint density at radius 2 is 1.67 bits per heavy atom. The van der Waals surface area contributed by atoms with Gasteiger partial charge in [-0.25, -0.2) is 4.79 Å². The standard InChI is InChI=1S/C21H16O3/c22-21-16-8-11-17(12-9-16)23-14-4-3-7-19-18-6-2-1-5-15(18)10-13-20(19)24-21/h1-6,8-13H,7,14H2/b4-3-. The highest BCUT2D eigenvalue weighted by Gasteiger charge is 2.14. The molecule has 0 unspecified atom stereocenters. The van der Waals surface area contributed by atoms with E-state index in [1.54, 1.807) is 24.3 Å². The van der Waals surface area contributed by atoms with Crippen LogP contribution in [0.2, 0.25) is 0 Å². The highest BCUT2D eigenvalue weighted by atomic mass is 16.5. The van der Waals surface area contributed by atoms with Crippen molar-refractivity contribution in [2.45, 2.75) is 6.42 Å². The number of esters is 1. The van der Waals surface area contributed by atoms with Crippen molar-refractivity contribution in [2.75, 3.05) is 6.61 Å². The van der Waals surface area contributed by atoms with Crippen molar-refractivity contribution in [1.29, 1.82) is 0 Å². The van der Waals surface area contributed by atoms with Gasteiger partial charge in [-0.2, -0.15) is 0 Å². The molecule has 5 rings (SSSR count). The second-order valence-electron chi connectivity index (χ2n) is 5.66. The molecule has 3 heteroatoms. The number of rotatable bonds is 0. The number of hydrogen-bond acceptors (Lipinski definition) is 3. The molecule has 2 bridgehead atoms. The molecule has 0 aromatic heterocycles. The van der Waals surface area contributed by atoms with E-state index >= 15 is 0 Å². The van der Waals surface area contributed by atoms with E-state index in [4.69, 9.17) is 9.47 Å². The van der Waals surface area contributed by atoms with Gasteiger partial charge < -0.3 is 9.47 Å². The molecule has 118 valence electrons. The third-order valence-electron chi connectivity index (χ3n) is 4.13. The Kier molecular flexibility index (Phi) is 3.75. The maximum Gasteiger partial charge on any atom is 0.343 e. The zero-order valence-electron chi connectivity index (χ0n) is 13.1. The van der Waals surface area contributed by atoms with E-state index in [1.807, 2.05) is 36.4 Å². The Balaban J connectivity index is 1.83. The van der Waals surface area contributed by atoms with E-state index in [-0.39, 0.29) is 5.97 Å². The minimum Gasteiger partial charge on any atom is -0.490 e. The smallest absolute Gasteiger partial charge is 0.343 e. The van der Waals surface area contributed by atoms with Crippen LogP contribution in [0.4, 0.5) is 0 Å². The molecule has 24 heavy (non-hydrogen) atoms. The fourth-order valence-electron chi connectivity index (χ4n) is 2.88. The Labute approximate surface area is 140 Å². The topological polar surface area (TPSA) is 35.5 Å². The first-order valence-electron chi connectivity index (χ1n) is 7.92. The molecule has 0 saturated carbocycles. The average Bonchev–Trinajstić information content (AvgIpc) is 2.64. The SMILES string of the molecule is O=C1Oc2ccc3ccccc3c2C/C=C\COc2ccc1cc2. The van der Waals surface area contributed by atoms with Crippen LogP contribution in [0, 0.1) is 0 Å². The molecule has 0 fully saturated rings. The van der Waals surface area contributed by atoms with Crippen molar-refractivity contribution in [3.63, 3.8) is 0 Å². The van der Waals surface area contributed by atoms with Gasteiger partial charge in [0, 0.05) is 5.56 Å². The van der Waals surface area contributed by atoms with Gasteiger partial charge in [-0.1, -0.05) is 42.5 Å². The summed E-state index contributed by atoms with van der Waals surface area (Å²) in [6.07, 6.45) is 4.71. The summed E-state index contributed by atoms with van der Waals surface area (Å²) in [7, 11) is 0. The maximum absolute atomic E-state index is 12.4. The van der Waals surface area contributed by atoms with Gasteiger partial charge in [0.25, 0.3) is 0 Å². The lowest BCUT2D eigenvalue weighted by molar-refractivity contribution is 0.0733. The highest BCUT2D eigenvalue weighted by molar-refractivity contribution is 5.93. The quantitative estimate of drug-likeness (QED) is 0.347. The first-order valence-corrected chi connectivity index (χ1v) is 7.92. The Hall–Kier alpha value is -3.07. The van der Waals surface area contributed by atoms with Crippen molar-refractivity contribution in [3.05, 3.63) is 83.9 Å². The van der Waals surface area contributed by atoms with Crippen molar-refractivity contribution < 1.29 is 14.3 Å². The molecule has 0 aliphatic carbocycles. The van der Waals surface area contributed by atoms with Crippen molar-refractivity contribution >= 4 is 16.7 Å². The summed E-state index contributed by atoms with van der Waals surface area (Å²) >= 11 is 0. The maximum atomic E-state index is 12.4. The molecule has 0 spiro atoms. The monoisotopic (exact) mass is 316 g/mol. The number of benzene rings is 3. The van der Waals surface area contributed by atoms with Gasteiger partial charge >= 0.3 is 5.97 Å². The van der Waals surface area contributed by atoms with E-state index in [0.29, 0.717) is 24.3 Å². The summed E-state index contributed by atoms with van der Waals surface area (Å²) in [5.41, 5.74) is 1.52. The molecule has 2 heterocycles. The van der Waals surface area contributed by atoms with Gasteiger partial charge in [-0.3, -0.25) is 0 Å². The second-order valence-corrected chi connectivity index (χ2v) is 5.66. The molecule has 3 aromatic carbocycles. The second kappa shape index (κ2) is 6.20. The van der Waals surface area contributed by atoms with Crippen LogP contribution in [0.1, 0.15) is 15.9 Å². The Morgan fingerprint density at radius 3 is 2.54 bits per heavy atom. The molecule has 2 aliphatic heterocycles. The van der Waals surface area contributed by atoms with Crippen LogP contribution in [0.5, 0.6) is 11.5 Å². The highest BCUT2D eigenvalue weighted by Crippen LogP contribution is 2.30. The lowest BCUT2D eigenvalue weighted by atomic mass is 10.0. The first-order chi connectivity index (χ1) is 11.8. The fraction of sp³-hybridized carbons (Fsp3) is 0.0952. The van der Waals surface area contributed by atoms with Crippen LogP contribution in [0.25, 0.3) is 10.8 Å². The Bertz CT molecular complexity index is 923. The van der Waals surface area contributed by atoms with Crippen LogP contribution in [0.15, 0.2) is 72.8 Å². The van der Waals surface area contributed by atoms with E-state index < -0.39 is 0 Å². The lowest BCUT2D eigenvalue weighted by Crippen LogP contribution is -2.09. The number of ether oxygens (including phenoxy) is 2. The first kappa shape index (κ1) is 14.5. The van der Waals surface area contributed by atoms with E-state index in [0.717, 1.165) is 22.1 Å². The molecule has 0 radical (unpaired) electrons. The molecule has 0 N–H and O–H groups in total. The summed E-state index contributed by atoms with van der Waals surface area (Å²) in [5.74, 6) is 0.979. The van der Waals surface area contributed by atoms with Gasteiger partial charge in [0.05, 0.1) is 5.56 Å². The normalized spacial score (nSPS) is 15.4. The molecule has 2 aliphatic rings. The molecule has 0 amide bonds. The third-order valence-corrected chi connectivity index (χ3v) is 4.13. The van der Waals surface area contributed by atoms with Gasteiger partial charge in [0.15, 0.2) is 0 Å². The van der Waals surface area contributed by atoms with Crippen LogP contribution in [-0.2, 0) is 6.42 Å². The Morgan fingerprint density at radius 1 is 0.833 bits per heavy atom. The summed E-state index contributed by atoms with van der Waals surface area (Å²) in [6.45, 7) is 0.494. The predicted octanol–water partition coefficient (Wildman–Crippen LogP) is 4.55. The average molecular weight is 316 g/mol.